The van der Waals surface area contributed by atoms with Crippen LogP contribution in [0.25, 0.3) is 0 Å². The van der Waals surface area contributed by atoms with Gasteiger partial charge in [0.15, 0.2) is 0 Å². The Kier molecular flexibility index (Phi) is 4.19. The minimum atomic E-state index is -1.20. The molecule has 0 radical (unpaired) electrons. The molecule has 114 valence electrons. The molecule has 4 saturated carbocycles. The second-order valence-corrected chi connectivity index (χ2v) is 13.7. The van der Waals surface area contributed by atoms with Crippen molar-refractivity contribution in [3.63, 3.8) is 0 Å². The van der Waals surface area contributed by atoms with E-state index in [9.17, 15) is 0 Å². The van der Waals surface area contributed by atoms with Crippen LogP contribution >= 0.6 is 0 Å². The SMILES string of the molecule is CCCCCC=C[Si](C)(C)C12CC3CC(CC(C3)C1)C2. The van der Waals surface area contributed by atoms with E-state index >= 15 is 0 Å². The molecule has 0 aromatic rings. The first-order valence-electron chi connectivity index (χ1n) is 9.22. The second kappa shape index (κ2) is 5.63. The highest BCUT2D eigenvalue weighted by Gasteiger charge is 2.56. The number of hydrogen-bond donors (Lipinski definition) is 0. The average Bonchev–Trinajstić information content (AvgIpc) is 2.36. The van der Waals surface area contributed by atoms with E-state index in [4.69, 9.17) is 0 Å². The van der Waals surface area contributed by atoms with Gasteiger partial charge in [-0.25, -0.2) is 0 Å². The van der Waals surface area contributed by atoms with Crippen molar-refractivity contribution in [3.05, 3.63) is 11.8 Å². The van der Waals surface area contributed by atoms with Crippen molar-refractivity contribution in [3.8, 4) is 0 Å². The lowest BCUT2D eigenvalue weighted by atomic mass is 9.56. The van der Waals surface area contributed by atoms with E-state index in [1.165, 1.54) is 25.7 Å². The van der Waals surface area contributed by atoms with Gasteiger partial charge in [-0.3, -0.25) is 0 Å². The molecule has 4 fully saturated rings. The summed E-state index contributed by atoms with van der Waals surface area (Å²) in [6.07, 6.45) is 17.6. The van der Waals surface area contributed by atoms with Gasteiger partial charge in [-0.15, -0.1) is 0 Å². The zero-order valence-corrected chi connectivity index (χ0v) is 15.0. The van der Waals surface area contributed by atoms with Gasteiger partial charge in [0.05, 0.1) is 8.07 Å². The Morgan fingerprint density at radius 1 is 0.950 bits per heavy atom. The predicted molar refractivity (Wildman–Crippen MR) is 91.6 cm³/mol. The Morgan fingerprint density at radius 2 is 1.50 bits per heavy atom. The monoisotopic (exact) mass is 290 g/mol. The standard InChI is InChI=1S/C19H34Si/c1-4-5-6-7-8-9-20(2,3)19-13-16-10-17(14-19)12-18(11-16)15-19/h8-9,16-18H,4-7,10-15H2,1-3H3. The van der Waals surface area contributed by atoms with Gasteiger partial charge in [-0.05, 0) is 74.2 Å². The first kappa shape index (κ1) is 14.9. The van der Waals surface area contributed by atoms with Crippen molar-refractivity contribution >= 4 is 8.07 Å². The number of rotatable bonds is 6. The van der Waals surface area contributed by atoms with Crippen molar-refractivity contribution in [2.75, 3.05) is 0 Å². The lowest BCUT2D eigenvalue weighted by molar-refractivity contribution is 0.0256. The molecule has 0 spiro atoms. The highest BCUT2D eigenvalue weighted by molar-refractivity contribution is 6.85. The van der Waals surface area contributed by atoms with Crippen LogP contribution in [0.1, 0.15) is 71.1 Å². The molecular weight excluding hydrogens is 256 g/mol. The Bertz CT molecular complexity index is 331. The largest absolute Gasteiger partial charge is 0.0981 e. The van der Waals surface area contributed by atoms with Gasteiger partial charge in [0.25, 0.3) is 0 Å². The second-order valence-electron chi connectivity index (χ2n) is 8.82. The van der Waals surface area contributed by atoms with Crippen molar-refractivity contribution in [2.45, 2.75) is 89.3 Å². The quantitative estimate of drug-likeness (QED) is 0.395. The molecule has 4 aliphatic carbocycles. The number of hydrogen-bond acceptors (Lipinski definition) is 0. The van der Waals surface area contributed by atoms with Gasteiger partial charge in [-0.1, -0.05) is 44.6 Å². The number of unbranched alkanes of at least 4 members (excludes halogenated alkanes) is 3. The van der Waals surface area contributed by atoms with Crippen LogP contribution in [-0.2, 0) is 0 Å². The molecule has 0 aromatic carbocycles. The molecule has 4 aliphatic rings. The molecular formula is C19H34Si. The van der Waals surface area contributed by atoms with E-state index in [-0.39, 0.29) is 0 Å². The molecule has 4 bridgehead atoms. The van der Waals surface area contributed by atoms with Gasteiger partial charge in [-0.2, -0.15) is 0 Å². The molecule has 0 aliphatic heterocycles. The summed E-state index contributed by atoms with van der Waals surface area (Å²) in [7, 11) is -1.20. The van der Waals surface area contributed by atoms with Crippen molar-refractivity contribution in [1.82, 2.24) is 0 Å². The zero-order valence-electron chi connectivity index (χ0n) is 14.0. The Balaban J connectivity index is 1.67. The van der Waals surface area contributed by atoms with Crippen LogP contribution in [0.3, 0.4) is 0 Å². The summed E-state index contributed by atoms with van der Waals surface area (Å²) in [6.45, 7) is 7.66. The average molecular weight is 291 g/mol. The molecule has 0 unspecified atom stereocenters. The minimum absolute atomic E-state index is 0.795. The fourth-order valence-electron chi connectivity index (χ4n) is 5.97. The van der Waals surface area contributed by atoms with Gasteiger partial charge >= 0.3 is 0 Å². The maximum absolute atomic E-state index is 2.75. The summed E-state index contributed by atoms with van der Waals surface area (Å²) in [5, 5.41) is 0.795. The summed E-state index contributed by atoms with van der Waals surface area (Å²) in [4.78, 5) is 0. The Labute approximate surface area is 127 Å². The van der Waals surface area contributed by atoms with Crippen LogP contribution in [0.4, 0.5) is 0 Å². The molecule has 0 aromatic heterocycles. The fourth-order valence-corrected chi connectivity index (χ4v) is 9.52. The van der Waals surface area contributed by atoms with Gasteiger partial charge in [0.2, 0.25) is 0 Å². The first-order valence-corrected chi connectivity index (χ1v) is 12.3. The third kappa shape index (κ3) is 2.67. The lowest BCUT2D eigenvalue weighted by Crippen LogP contribution is -2.53. The molecule has 0 saturated heterocycles. The smallest absolute Gasteiger partial charge is 0.0774 e. The highest BCUT2D eigenvalue weighted by Crippen LogP contribution is 2.67. The van der Waals surface area contributed by atoms with Gasteiger partial charge in [0, 0.05) is 0 Å². The summed E-state index contributed by atoms with van der Waals surface area (Å²) in [5.74, 6) is 3.34. The number of allylic oxidation sites excluding steroid dienone is 1. The van der Waals surface area contributed by atoms with Crippen molar-refractivity contribution < 1.29 is 0 Å². The molecule has 0 atom stereocenters. The van der Waals surface area contributed by atoms with Crippen LogP contribution in [0.5, 0.6) is 0 Å². The van der Waals surface area contributed by atoms with E-state index in [2.05, 4.69) is 31.8 Å². The van der Waals surface area contributed by atoms with E-state index in [1.54, 1.807) is 38.5 Å². The third-order valence-electron chi connectivity index (χ3n) is 6.91. The van der Waals surface area contributed by atoms with Crippen LogP contribution in [0, 0.1) is 17.8 Å². The molecule has 0 amide bonds. The van der Waals surface area contributed by atoms with Crippen LogP contribution < -0.4 is 0 Å². The Hall–Kier alpha value is -0.0431. The summed E-state index contributed by atoms with van der Waals surface area (Å²) in [5.41, 5.74) is 2.75. The van der Waals surface area contributed by atoms with Gasteiger partial charge in [0.1, 0.15) is 0 Å². The van der Waals surface area contributed by atoms with Crippen LogP contribution in [0.15, 0.2) is 11.8 Å². The van der Waals surface area contributed by atoms with Gasteiger partial charge < -0.3 is 0 Å². The molecule has 0 heterocycles. The third-order valence-corrected chi connectivity index (χ3v) is 11.3. The van der Waals surface area contributed by atoms with E-state index in [0.717, 1.165) is 22.8 Å². The fraction of sp³-hybridized carbons (Fsp3) is 0.895. The van der Waals surface area contributed by atoms with Crippen molar-refractivity contribution in [1.29, 1.82) is 0 Å². The Morgan fingerprint density at radius 3 is 2.00 bits per heavy atom. The molecule has 0 N–H and O–H groups in total. The molecule has 0 nitrogen and oxygen atoms in total. The summed E-state index contributed by atoms with van der Waals surface area (Å²) in [6, 6.07) is 0. The molecule has 1 heteroatoms. The normalized spacial score (nSPS) is 39.9. The van der Waals surface area contributed by atoms with Crippen molar-refractivity contribution in [2.24, 2.45) is 17.8 Å². The minimum Gasteiger partial charge on any atom is -0.0981 e. The summed E-state index contributed by atoms with van der Waals surface area (Å²) >= 11 is 0. The van der Waals surface area contributed by atoms with E-state index in [1.807, 2.05) is 0 Å². The lowest BCUT2D eigenvalue weighted by Gasteiger charge is -2.61. The maximum atomic E-state index is 2.75. The molecule has 20 heavy (non-hydrogen) atoms. The highest BCUT2D eigenvalue weighted by atomic mass is 28.3. The van der Waals surface area contributed by atoms with E-state index < -0.39 is 8.07 Å². The van der Waals surface area contributed by atoms with Crippen LogP contribution in [-0.4, -0.2) is 8.07 Å². The topological polar surface area (TPSA) is 0 Å². The first-order chi connectivity index (χ1) is 9.55. The van der Waals surface area contributed by atoms with E-state index in [0.29, 0.717) is 0 Å². The predicted octanol–water partition coefficient (Wildman–Crippen LogP) is 6.34. The zero-order chi connectivity index (χ0) is 14.2. The molecule has 4 rings (SSSR count). The van der Waals surface area contributed by atoms with Crippen LogP contribution in [0.2, 0.25) is 18.1 Å². The maximum Gasteiger partial charge on any atom is 0.0774 e. The summed E-state index contributed by atoms with van der Waals surface area (Å²) < 4.78 is 0.